The van der Waals surface area contributed by atoms with Gasteiger partial charge in [-0.3, -0.25) is 0 Å². The van der Waals surface area contributed by atoms with E-state index < -0.39 is 0 Å². The summed E-state index contributed by atoms with van der Waals surface area (Å²) in [7, 11) is 0. The first-order valence-corrected chi connectivity index (χ1v) is 6.12. The molecule has 2 aromatic rings. The lowest BCUT2D eigenvalue weighted by Gasteiger charge is -2.09. The molecule has 0 unspecified atom stereocenters. The number of hydrogen-bond acceptors (Lipinski definition) is 3. The summed E-state index contributed by atoms with van der Waals surface area (Å²) in [6, 6.07) is 4.64. The first-order valence-electron chi connectivity index (χ1n) is 6.12. The number of rotatable bonds is 3. The molecule has 0 spiro atoms. The number of nitrogens with zero attached hydrogens (tertiary/aromatic N) is 2. The molecule has 0 N–H and O–H groups in total. The van der Waals surface area contributed by atoms with Crippen molar-refractivity contribution in [2.45, 2.75) is 39.5 Å². The molecule has 1 aromatic carbocycles. The fraction of sp³-hybridized carbons (Fsp3) is 0.429. The van der Waals surface area contributed by atoms with Gasteiger partial charge in [0.15, 0.2) is 5.82 Å². The quantitative estimate of drug-likeness (QED) is 0.820. The lowest BCUT2D eigenvalue weighted by Crippen LogP contribution is -1.95. The standard InChI is InChI=1S/C14H17FN2O/c1-8(2)12-7-10(15)5-6-11(12)14-16-13(9(3)4)17-18-14/h5-9H,1-4H3. The maximum absolute atomic E-state index is 13.3. The van der Waals surface area contributed by atoms with Crippen LogP contribution in [0.3, 0.4) is 0 Å². The Morgan fingerprint density at radius 1 is 1.11 bits per heavy atom. The van der Waals surface area contributed by atoms with E-state index in [9.17, 15) is 4.39 Å². The Kier molecular flexibility index (Phi) is 3.45. The first kappa shape index (κ1) is 12.7. The zero-order valence-electron chi connectivity index (χ0n) is 11.1. The molecule has 1 heterocycles. The van der Waals surface area contributed by atoms with Crippen LogP contribution in [-0.2, 0) is 0 Å². The Morgan fingerprint density at radius 2 is 1.83 bits per heavy atom. The van der Waals surface area contributed by atoms with Crippen molar-refractivity contribution in [3.8, 4) is 11.5 Å². The topological polar surface area (TPSA) is 38.9 Å². The van der Waals surface area contributed by atoms with Crippen molar-refractivity contribution in [3.05, 3.63) is 35.4 Å². The molecule has 3 nitrogen and oxygen atoms in total. The van der Waals surface area contributed by atoms with Crippen molar-refractivity contribution in [2.75, 3.05) is 0 Å². The van der Waals surface area contributed by atoms with Gasteiger partial charge in [-0.05, 0) is 29.7 Å². The summed E-state index contributed by atoms with van der Waals surface area (Å²) in [5.74, 6) is 1.30. The van der Waals surface area contributed by atoms with Crippen LogP contribution in [0, 0.1) is 5.82 Å². The highest BCUT2D eigenvalue weighted by Crippen LogP contribution is 2.29. The summed E-state index contributed by atoms with van der Waals surface area (Å²) in [5, 5.41) is 3.94. The Morgan fingerprint density at radius 3 is 2.39 bits per heavy atom. The van der Waals surface area contributed by atoms with E-state index in [1.54, 1.807) is 6.07 Å². The van der Waals surface area contributed by atoms with Crippen LogP contribution in [0.1, 0.15) is 50.9 Å². The van der Waals surface area contributed by atoms with Crippen molar-refractivity contribution in [2.24, 2.45) is 0 Å². The molecule has 0 radical (unpaired) electrons. The second kappa shape index (κ2) is 4.88. The zero-order valence-corrected chi connectivity index (χ0v) is 11.1. The van der Waals surface area contributed by atoms with Crippen LogP contribution in [0.5, 0.6) is 0 Å². The zero-order chi connectivity index (χ0) is 13.3. The third-order valence-electron chi connectivity index (χ3n) is 2.82. The van der Waals surface area contributed by atoms with Gasteiger partial charge in [-0.15, -0.1) is 0 Å². The third-order valence-corrected chi connectivity index (χ3v) is 2.82. The molecular weight excluding hydrogens is 231 g/mol. The average molecular weight is 248 g/mol. The Hall–Kier alpha value is -1.71. The van der Waals surface area contributed by atoms with Crippen LogP contribution in [0.4, 0.5) is 4.39 Å². The molecule has 0 amide bonds. The lowest BCUT2D eigenvalue weighted by molar-refractivity contribution is 0.418. The van der Waals surface area contributed by atoms with E-state index in [0.717, 1.165) is 11.1 Å². The fourth-order valence-corrected chi connectivity index (χ4v) is 1.78. The third kappa shape index (κ3) is 2.42. The van der Waals surface area contributed by atoms with Gasteiger partial charge in [0.25, 0.3) is 5.89 Å². The van der Waals surface area contributed by atoms with E-state index in [4.69, 9.17) is 4.52 Å². The minimum absolute atomic E-state index is 0.199. The predicted octanol–water partition coefficient (Wildman–Crippen LogP) is 4.12. The van der Waals surface area contributed by atoms with Gasteiger partial charge in [0, 0.05) is 11.5 Å². The fourth-order valence-electron chi connectivity index (χ4n) is 1.78. The van der Waals surface area contributed by atoms with E-state index in [1.165, 1.54) is 12.1 Å². The molecule has 0 atom stereocenters. The van der Waals surface area contributed by atoms with Crippen LogP contribution in [0.15, 0.2) is 22.7 Å². The normalized spacial score (nSPS) is 11.5. The summed E-state index contributed by atoms with van der Waals surface area (Å²) in [5.41, 5.74) is 1.69. The Bertz CT molecular complexity index is 546. The number of hydrogen-bond donors (Lipinski definition) is 0. The molecule has 0 aliphatic rings. The van der Waals surface area contributed by atoms with Gasteiger partial charge in [-0.1, -0.05) is 32.9 Å². The molecule has 18 heavy (non-hydrogen) atoms. The lowest BCUT2D eigenvalue weighted by atomic mass is 9.97. The SMILES string of the molecule is CC(C)c1noc(-c2ccc(F)cc2C(C)C)n1. The minimum Gasteiger partial charge on any atom is -0.334 e. The van der Waals surface area contributed by atoms with Crippen LogP contribution in [0.25, 0.3) is 11.5 Å². The summed E-state index contributed by atoms with van der Waals surface area (Å²) in [6.07, 6.45) is 0. The Balaban J connectivity index is 2.49. The molecule has 0 saturated carbocycles. The molecule has 0 saturated heterocycles. The van der Waals surface area contributed by atoms with Crippen LogP contribution < -0.4 is 0 Å². The van der Waals surface area contributed by atoms with Crippen molar-refractivity contribution in [1.29, 1.82) is 0 Å². The molecule has 4 heteroatoms. The maximum Gasteiger partial charge on any atom is 0.258 e. The highest BCUT2D eigenvalue weighted by atomic mass is 19.1. The van der Waals surface area contributed by atoms with Gasteiger partial charge in [0.05, 0.1) is 0 Å². The van der Waals surface area contributed by atoms with Crippen LogP contribution in [-0.4, -0.2) is 10.1 Å². The first-order chi connectivity index (χ1) is 8.49. The number of benzene rings is 1. The largest absolute Gasteiger partial charge is 0.334 e. The van der Waals surface area contributed by atoms with Crippen molar-refractivity contribution in [3.63, 3.8) is 0 Å². The second-order valence-electron chi connectivity index (χ2n) is 5.00. The van der Waals surface area contributed by atoms with E-state index in [2.05, 4.69) is 10.1 Å². The van der Waals surface area contributed by atoms with Gasteiger partial charge in [0.1, 0.15) is 5.82 Å². The molecule has 0 aliphatic heterocycles. The molecule has 96 valence electrons. The van der Waals surface area contributed by atoms with E-state index in [0.29, 0.717) is 11.7 Å². The Labute approximate surface area is 106 Å². The van der Waals surface area contributed by atoms with Crippen molar-refractivity contribution >= 4 is 0 Å². The summed E-state index contributed by atoms with van der Waals surface area (Å²) in [6.45, 7) is 8.03. The van der Waals surface area contributed by atoms with Gasteiger partial charge < -0.3 is 4.52 Å². The number of aromatic nitrogens is 2. The molecule has 1 aromatic heterocycles. The maximum atomic E-state index is 13.3. The smallest absolute Gasteiger partial charge is 0.258 e. The monoisotopic (exact) mass is 248 g/mol. The van der Waals surface area contributed by atoms with E-state index >= 15 is 0 Å². The highest BCUT2D eigenvalue weighted by Gasteiger charge is 2.16. The van der Waals surface area contributed by atoms with Crippen molar-refractivity contribution < 1.29 is 8.91 Å². The second-order valence-corrected chi connectivity index (χ2v) is 5.00. The summed E-state index contributed by atoms with van der Waals surface area (Å²) >= 11 is 0. The van der Waals surface area contributed by atoms with Crippen LogP contribution in [0.2, 0.25) is 0 Å². The van der Waals surface area contributed by atoms with E-state index in [1.807, 2.05) is 27.7 Å². The molecule has 2 rings (SSSR count). The van der Waals surface area contributed by atoms with Crippen LogP contribution >= 0.6 is 0 Å². The molecular formula is C14H17FN2O. The summed E-state index contributed by atoms with van der Waals surface area (Å²) in [4.78, 5) is 4.35. The highest BCUT2D eigenvalue weighted by molar-refractivity contribution is 5.59. The van der Waals surface area contributed by atoms with Gasteiger partial charge in [0.2, 0.25) is 0 Å². The molecule has 0 fully saturated rings. The number of halogens is 1. The van der Waals surface area contributed by atoms with Gasteiger partial charge in [-0.2, -0.15) is 4.98 Å². The average Bonchev–Trinajstić information content (AvgIpc) is 2.78. The van der Waals surface area contributed by atoms with Crippen molar-refractivity contribution in [1.82, 2.24) is 10.1 Å². The summed E-state index contributed by atoms with van der Waals surface area (Å²) < 4.78 is 18.5. The van der Waals surface area contributed by atoms with E-state index in [-0.39, 0.29) is 17.7 Å². The predicted molar refractivity (Wildman–Crippen MR) is 67.9 cm³/mol. The molecule has 0 aliphatic carbocycles. The minimum atomic E-state index is -0.244. The molecule has 0 bridgehead atoms. The van der Waals surface area contributed by atoms with Gasteiger partial charge >= 0.3 is 0 Å². The van der Waals surface area contributed by atoms with Gasteiger partial charge in [-0.25, -0.2) is 4.39 Å².